The Morgan fingerprint density at radius 1 is 1.40 bits per heavy atom. The molecule has 0 bridgehead atoms. The Kier molecular flexibility index (Phi) is 4.46. The van der Waals surface area contributed by atoms with E-state index in [0.717, 1.165) is 36.8 Å². The van der Waals surface area contributed by atoms with Gasteiger partial charge in [0.1, 0.15) is 0 Å². The van der Waals surface area contributed by atoms with Crippen molar-refractivity contribution in [2.45, 2.75) is 52.9 Å². The molecule has 0 amide bonds. The van der Waals surface area contributed by atoms with Gasteiger partial charge in [0.05, 0.1) is 5.41 Å². The lowest BCUT2D eigenvalue weighted by molar-refractivity contribution is -0.151. The number of hydrogen-bond donors (Lipinski definition) is 1. The number of carbonyl (C=O) groups is 1. The normalized spacial score (nSPS) is 26.7. The second-order valence-electron chi connectivity index (χ2n) is 6.71. The van der Waals surface area contributed by atoms with Crippen molar-refractivity contribution >= 4 is 5.97 Å². The molecule has 1 fully saturated rings. The van der Waals surface area contributed by atoms with Crippen LogP contribution in [0.4, 0.5) is 0 Å². The summed E-state index contributed by atoms with van der Waals surface area (Å²) in [7, 11) is 0. The summed E-state index contributed by atoms with van der Waals surface area (Å²) in [6.07, 6.45) is 7.88. The molecule has 0 unspecified atom stereocenters. The first kappa shape index (κ1) is 15.0. The Bertz CT molecular complexity index is 474. The van der Waals surface area contributed by atoms with E-state index >= 15 is 0 Å². The van der Waals surface area contributed by atoms with Gasteiger partial charge >= 0.3 is 5.97 Å². The number of carboxylic acids is 1. The highest BCUT2D eigenvalue weighted by atomic mass is 16.4. The molecular weight excluding hydrogens is 250 g/mol. The Morgan fingerprint density at radius 2 is 2.05 bits per heavy atom. The fourth-order valence-corrected chi connectivity index (χ4v) is 3.43. The van der Waals surface area contributed by atoms with Gasteiger partial charge in [-0.25, -0.2) is 0 Å². The van der Waals surface area contributed by atoms with E-state index in [1.165, 1.54) is 0 Å². The summed E-state index contributed by atoms with van der Waals surface area (Å²) < 4.78 is 0. The second-order valence-corrected chi connectivity index (χ2v) is 6.71. The first-order valence-corrected chi connectivity index (χ1v) is 7.57. The van der Waals surface area contributed by atoms with Crippen molar-refractivity contribution in [3.8, 4) is 0 Å². The Hall–Kier alpha value is -1.38. The van der Waals surface area contributed by atoms with Crippen LogP contribution in [0.5, 0.6) is 0 Å². The predicted molar refractivity (Wildman–Crippen MR) is 79.5 cm³/mol. The summed E-state index contributed by atoms with van der Waals surface area (Å²) in [5.74, 6) is 0.696. The molecule has 2 rings (SSSR count). The van der Waals surface area contributed by atoms with Crippen LogP contribution in [0.25, 0.3) is 0 Å². The maximum absolute atomic E-state index is 11.8. The fraction of sp³-hybridized carbons (Fsp3) is 0.647. The predicted octanol–water partition coefficient (Wildman–Crippen LogP) is 3.85. The van der Waals surface area contributed by atoms with Gasteiger partial charge in [0.15, 0.2) is 0 Å². The highest BCUT2D eigenvalue weighted by molar-refractivity contribution is 5.75. The van der Waals surface area contributed by atoms with Gasteiger partial charge in [-0.15, -0.1) is 0 Å². The molecule has 0 saturated heterocycles. The largest absolute Gasteiger partial charge is 0.481 e. The van der Waals surface area contributed by atoms with E-state index in [0.29, 0.717) is 18.3 Å². The highest BCUT2D eigenvalue weighted by Crippen LogP contribution is 2.43. The second kappa shape index (κ2) is 5.94. The molecule has 1 aliphatic carbocycles. The third-order valence-corrected chi connectivity index (χ3v) is 4.86. The van der Waals surface area contributed by atoms with Crippen LogP contribution < -0.4 is 0 Å². The summed E-state index contributed by atoms with van der Waals surface area (Å²) >= 11 is 0. The fourth-order valence-electron chi connectivity index (χ4n) is 3.43. The first-order chi connectivity index (χ1) is 9.43. The van der Waals surface area contributed by atoms with Gasteiger partial charge < -0.3 is 5.11 Å². The summed E-state index contributed by atoms with van der Waals surface area (Å²) in [4.78, 5) is 16.0. The number of aliphatic carboxylic acids is 1. The third-order valence-electron chi connectivity index (χ3n) is 4.86. The van der Waals surface area contributed by atoms with Crippen LogP contribution in [0.2, 0.25) is 0 Å². The molecule has 1 aromatic heterocycles. The molecule has 1 heterocycles. The lowest BCUT2D eigenvalue weighted by Gasteiger charge is -2.38. The van der Waals surface area contributed by atoms with E-state index in [-0.39, 0.29) is 0 Å². The quantitative estimate of drug-likeness (QED) is 0.908. The third kappa shape index (κ3) is 3.20. The molecule has 1 saturated carbocycles. The van der Waals surface area contributed by atoms with Crippen molar-refractivity contribution in [2.75, 3.05) is 0 Å². The molecule has 3 nitrogen and oxygen atoms in total. The van der Waals surface area contributed by atoms with E-state index in [2.05, 4.69) is 24.9 Å². The molecule has 1 N–H and O–H groups in total. The maximum Gasteiger partial charge on any atom is 0.309 e. The molecule has 0 aromatic carbocycles. The number of rotatable bonds is 4. The number of carboxylic acid groups (broad SMARTS) is 1. The minimum Gasteiger partial charge on any atom is -0.481 e. The van der Waals surface area contributed by atoms with Crippen LogP contribution in [0.3, 0.4) is 0 Å². The molecule has 0 spiro atoms. The van der Waals surface area contributed by atoms with E-state index in [1.54, 1.807) is 0 Å². The zero-order valence-electron chi connectivity index (χ0n) is 12.7. The lowest BCUT2D eigenvalue weighted by Crippen LogP contribution is -2.38. The summed E-state index contributed by atoms with van der Waals surface area (Å²) in [6, 6.07) is 2.06. The number of aryl methyl sites for hydroxylation is 1. The monoisotopic (exact) mass is 275 g/mol. The van der Waals surface area contributed by atoms with Crippen LogP contribution in [0.15, 0.2) is 18.5 Å². The zero-order valence-corrected chi connectivity index (χ0v) is 12.7. The zero-order chi connectivity index (χ0) is 14.8. The molecule has 3 heteroatoms. The molecule has 0 atom stereocenters. The Labute approximate surface area is 121 Å². The highest BCUT2D eigenvalue weighted by Gasteiger charge is 2.42. The van der Waals surface area contributed by atoms with E-state index in [4.69, 9.17) is 0 Å². The molecule has 1 aliphatic rings. The van der Waals surface area contributed by atoms with Gasteiger partial charge in [-0.1, -0.05) is 19.9 Å². The topological polar surface area (TPSA) is 50.2 Å². The first-order valence-electron chi connectivity index (χ1n) is 7.57. The van der Waals surface area contributed by atoms with Crippen molar-refractivity contribution in [3.05, 3.63) is 29.6 Å². The van der Waals surface area contributed by atoms with Gasteiger partial charge in [-0.05, 0) is 62.0 Å². The number of pyridine rings is 1. The summed E-state index contributed by atoms with van der Waals surface area (Å²) in [5, 5.41) is 9.72. The van der Waals surface area contributed by atoms with Gasteiger partial charge in [-0.3, -0.25) is 9.78 Å². The van der Waals surface area contributed by atoms with E-state index in [1.807, 2.05) is 19.3 Å². The average molecular weight is 275 g/mol. The number of nitrogens with zero attached hydrogens (tertiary/aromatic N) is 1. The van der Waals surface area contributed by atoms with E-state index < -0.39 is 11.4 Å². The van der Waals surface area contributed by atoms with Crippen molar-refractivity contribution in [1.29, 1.82) is 0 Å². The number of hydrogen-bond acceptors (Lipinski definition) is 2. The van der Waals surface area contributed by atoms with Gasteiger partial charge in [0, 0.05) is 12.4 Å². The molecule has 1 aromatic rings. The molecule has 20 heavy (non-hydrogen) atoms. The molecule has 0 radical (unpaired) electrons. The van der Waals surface area contributed by atoms with Gasteiger partial charge in [-0.2, -0.15) is 0 Å². The Balaban J connectivity index is 2.14. The summed E-state index contributed by atoms with van der Waals surface area (Å²) in [5.41, 5.74) is 1.57. The Morgan fingerprint density at radius 3 is 2.55 bits per heavy atom. The summed E-state index contributed by atoms with van der Waals surface area (Å²) in [6.45, 7) is 6.48. The average Bonchev–Trinajstić information content (AvgIpc) is 2.39. The minimum absolute atomic E-state index is 0.582. The minimum atomic E-state index is -0.638. The van der Waals surface area contributed by atoms with Crippen LogP contribution in [0, 0.1) is 24.2 Å². The van der Waals surface area contributed by atoms with Crippen molar-refractivity contribution in [2.24, 2.45) is 17.3 Å². The van der Waals surface area contributed by atoms with Crippen LogP contribution in [0.1, 0.15) is 50.7 Å². The van der Waals surface area contributed by atoms with Gasteiger partial charge in [0.2, 0.25) is 0 Å². The van der Waals surface area contributed by atoms with Gasteiger partial charge in [0.25, 0.3) is 0 Å². The number of aromatic nitrogens is 1. The molecule has 110 valence electrons. The van der Waals surface area contributed by atoms with Crippen molar-refractivity contribution in [3.63, 3.8) is 0 Å². The smallest absolute Gasteiger partial charge is 0.309 e. The molecule has 0 aliphatic heterocycles. The van der Waals surface area contributed by atoms with E-state index in [9.17, 15) is 9.90 Å². The van der Waals surface area contributed by atoms with Crippen LogP contribution >= 0.6 is 0 Å². The lowest BCUT2D eigenvalue weighted by atomic mass is 9.65. The maximum atomic E-state index is 11.8. The van der Waals surface area contributed by atoms with Crippen molar-refractivity contribution in [1.82, 2.24) is 4.98 Å². The van der Waals surface area contributed by atoms with Crippen LogP contribution in [-0.2, 0) is 11.2 Å². The SMILES string of the molecule is Cc1cncc(CC2(C(=O)O)CCC(C(C)C)CC2)c1. The molecular formula is C17H25NO2. The standard InChI is InChI=1S/C17H25NO2/c1-12(2)15-4-6-17(7-5-15,16(19)20)9-14-8-13(3)10-18-11-14/h8,10-12,15H,4-7,9H2,1-3H3,(H,19,20). The van der Waals surface area contributed by atoms with Crippen molar-refractivity contribution < 1.29 is 9.90 Å². The van der Waals surface area contributed by atoms with Crippen LogP contribution in [-0.4, -0.2) is 16.1 Å².